The van der Waals surface area contributed by atoms with E-state index in [-0.39, 0.29) is 49.3 Å². The number of benzene rings is 1. The predicted octanol–water partition coefficient (Wildman–Crippen LogP) is 1.84. The van der Waals surface area contributed by atoms with Gasteiger partial charge in [-0.2, -0.15) is 0 Å². The number of hydrogen-bond donors (Lipinski definition) is 1. The number of carbonyl (C=O) groups is 1. The normalized spacial score (nSPS) is 23.1. The number of alkyl halides is 1. The van der Waals surface area contributed by atoms with E-state index in [2.05, 4.69) is 0 Å². The van der Waals surface area contributed by atoms with E-state index in [4.69, 9.17) is 9.47 Å². The van der Waals surface area contributed by atoms with Crippen LogP contribution in [0.2, 0.25) is 0 Å². The topological polar surface area (TPSA) is 59.0 Å². The van der Waals surface area contributed by atoms with Crippen LogP contribution in [0.3, 0.4) is 0 Å². The van der Waals surface area contributed by atoms with Crippen molar-refractivity contribution in [2.45, 2.75) is 31.9 Å². The summed E-state index contributed by atoms with van der Waals surface area (Å²) in [6.45, 7) is 1.38. The molecule has 2 aliphatic rings. The average Bonchev–Trinajstić information content (AvgIpc) is 2.84. The summed E-state index contributed by atoms with van der Waals surface area (Å²) in [4.78, 5) is 14.3. The largest absolute Gasteiger partial charge is 0.490 e. The van der Waals surface area contributed by atoms with Gasteiger partial charge in [0, 0.05) is 13.0 Å². The summed E-state index contributed by atoms with van der Waals surface area (Å²) in [5.74, 6) is -0.987. The quantitative estimate of drug-likeness (QED) is 0.858. The second-order valence-corrected chi connectivity index (χ2v) is 5.91. The molecule has 0 radical (unpaired) electrons. The Morgan fingerprint density at radius 2 is 2.30 bits per heavy atom. The first-order valence-electron chi connectivity index (χ1n) is 7.66. The number of halogens is 2. The summed E-state index contributed by atoms with van der Waals surface area (Å²) < 4.78 is 37.7. The van der Waals surface area contributed by atoms with Crippen LogP contribution in [0.15, 0.2) is 6.07 Å². The molecule has 1 N–H and O–H groups in total. The molecule has 0 aliphatic carbocycles. The molecule has 2 atom stereocenters. The van der Waals surface area contributed by atoms with Crippen molar-refractivity contribution in [3.8, 4) is 11.5 Å². The summed E-state index contributed by atoms with van der Waals surface area (Å²) in [5, 5.41) is 9.76. The standard InChI is InChI=1S/C16H19F2NO4/c1-9-5-12-13(15(14(9)18)22-4-2-3-17)16(21)19-7-11(20)6-10(19)8-23-12/h5,10-11,20H,2-4,6-8H2,1H3/t10-,11+/m1/s1. The molecular weight excluding hydrogens is 308 g/mol. The molecule has 2 aliphatic heterocycles. The maximum atomic E-state index is 14.4. The van der Waals surface area contributed by atoms with Crippen LogP contribution >= 0.6 is 0 Å². The highest BCUT2D eigenvalue weighted by Gasteiger charge is 2.40. The fourth-order valence-electron chi connectivity index (χ4n) is 3.04. The fraction of sp³-hybridized carbons (Fsp3) is 0.562. The number of amides is 1. The number of aliphatic hydroxyl groups is 1. The molecule has 0 saturated carbocycles. The van der Waals surface area contributed by atoms with Crippen molar-refractivity contribution in [2.24, 2.45) is 0 Å². The molecule has 23 heavy (non-hydrogen) atoms. The minimum Gasteiger partial charge on any atom is -0.490 e. The number of fused-ring (bicyclic) bond motifs is 2. The van der Waals surface area contributed by atoms with Crippen LogP contribution in [-0.4, -0.2) is 54.5 Å². The average molecular weight is 327 g/mol. The molecule has 1 amide bonds. The Kier molecular flexibility index (Phi) is 4.39. The van der Waals surface area contributed by atoms with Gasteiger partial charge in [-0.05, 0) is 25.0 Å². The van der Waals surface area contributed by atoms with E-state index in [1.807, 2.05) is 0 Å². The second-order valence-electron chi connectivity index (χ2n) is 5.91. The van der Waals surface area contributed by atoms with Gasteiger partial charge in [-0.1, -0.05) is 0 Å². The molecule has 1 fully saturated rings. The fourth-order valence-corrected chi connectivity index (χ4v) is 3.04. The number of carbonyl (C=O) groups excluding carboxylic acids is 1. The Hall–Kier alpha value is -1.89. The third-order valence-electron chi connectivity index (χ3n) is 4.19. The first kappa shape index (κ1) is 16.0. The number of nitrogens with zero attached hydrogens (tertiary/aromatic N) is 1. The van der Waals surface area contributed by atoms with Gasteiger partial charge in [0.05, 0.1) is 25.4 Å². The molecular formula is C16H19F2NO4. The predicted molar refractivity (Wildman–Crippen MR) is 78.2 cm³/mol. The van der Waals surface area contributed by atoms with Crippen LogP contribution in [0.5, 0.6) is 11.5 Å². The van der Waals surface area contributed by atoms with E-state index in [9.17, 15) is 18.7 Å². The molecule has 2 heterocycles. The van der Waals surface area contributed by atoms with Gasteiger partial charge in [0.15, 0.2) is 11.6 Å². The Bertz CT molecular complexity index is 623. The number of rotatable bonds is 4. The van der Waals surface area contributed by atoms with Gasteiger partial charge in [0.1, 0.15) is 17.9 Å². The Morgan fingerprint density at radius 3 is 3.04 bits per heavy atom. The van der Waals surface area contributed by atoms with Gasteiger partial charge in [-0.15, -0.1) is 0 Å². The molecule has 7 heteroatoms. The molecule has 126 valence electrons. The third kappa shape index (κ3) is 2.85. The van der Waals surface area contributed by atoms with Gasteiger partial charge in [-0.3, -0.25) is 9.18 Å². The number of ether oxygens (including phenoxy) is 2. The lowest BCUT2D eigenvalue weighted by atomic mass is 10.1. The van der Waals surface area contributed by atoms with Crippen molar-refractivity contribution in [1.29, 1.82) is 0 Å². The van der Waals surface area contributed by atoms with Crippen LogP contribution in [0.25, 0.3) is 0 Å². The van der Waals surface area contributed by atoms with Gasteiger partial charge in [0.2, 0.25) is 0 Å². The SMILES string of the molecule is Cc1cc2c(c(OCCCF)c1F)C(=O)N1C[C@@H](O)C[C@@H]1CO2. The van der Waals surface area contributed by atoms with E-state index < -0.39 is 24.5 Å². The maximum absolute atomic E-state index is 14.4. The lowest BCUT2D eigenvalue weighted by Gasteiger charge is -2.21. The van der Waals surface area contributed by atoms with E-state index >= 15 is 0 Å². The minimum absolute atomic E-state index is 0.0172. The second kappa shape index (κ2) is 6.31. The van der Waals surface area contributed by atoms with Crippen molar-refractivity contribution >= 4 is 5.91 Å². The van der Waals surface area contributed by atoms with Crippen LogP contribution in [0, 0.1) is 12.7 Å². The van der Waals surface area contributed by atoms with Crippen LogP contribution in [0.4, 0.5) is 8.78 Å². The Morgan fingerprint density at radius 1 is 1.52 bits per heavy atom. The van der Waals surface area contributed by atoms with Crippen molar-refractivity contribution in [3.05, 3.63) is 23.0 Å². The van der Waals surface area contributed by atoms with Crippen molar-refractivity contribution in [3.63, 3.8) is 0 Å². The molecule has 0 unspecified atom stereocenters. The Balaban J connectivity index is 2.02. The Labute approximate surface area is 132 Å². The van der Waals surface area contributed by atoms with Crippen molar-refractivity contribution in [2.75, 3.05) is 26.4 Å². The molecule has 1 aromatic carbocycles. The van der Waals surface area contributed by atoms with Crippen LogP contribution < -0.4 is 9.47 Å². The summed E-state index contributed by atoms with van der Waals surface area (Å²) in [5.41, 5.74) is 0.317. The van der Waals surface area contributed by atoms with E-state index in [1.165, 1.54) is 11.0 Å². The molecule has 1 saturated heterocycles. The highest BCUT2D eigenvalue weighted by atomic mass is 19.1. The summed E-state index contributed by atoms with van der Waals surface area (Å²) in [7, 11) is 0. The van der Waals surface area contributed by atoms with Gasteiger partial charge in [-0.25, -0.2) is 4.39 Å². The van der Waals surface area contributed by atoms with E-state index in [0.29, 0.717) is 12.0 Å². The van der Waals surface area contributed by atoms with E-state index in [1.54, 1.807) is 6.92 Å². The molecule has 3 rings (SSSR count). The summed E-state index contributed by atoms with van der Waals surface area (Å²) in [6.07, 6.45) is -0.0677. The van der Waals surface area contributed by atoms with Gasteiger partial charge in [0.25, 0.3) is 5.91 Å². The van der Waals surface area contributed by atoms with Gasteiger partial charge < -0.3 is 19.5 Å². The van der Waals surface area contributed by atoms with Crippen molar-refractivity contribution < 1.29 is 28.2 Å². The summed E-state index contributed by atoms with van der Waals surface area (Å²) in [6, 6.07) is 1.23. The first-order chi connectivity index (χ1) is 11.0. The van der Waals surface area contributed by atoms with Crippen molar-refractivity contribution in [1.82, 2.24) is 4.90 Å². The molecule has 1 aromatic rings. The minimum atomic E-state index is -0.641. The monoisotopic (exact) mass is 327 g/mol. The number of aliphatic hydroxyl groups excluding tert-OH is 1. The lowest BCUT2D eigenvalue weighted by Crippen LogP contribution is -2.37. The molecule has 5 nitrogen and oxygen atoms in total. The smallest absolute Gasteiger partial charge is 0.261 e. The van der Waals surface area contributed by atoms with Crippen LogP contribution in [0.1, 0.15) is 28.8 Å². The third-order valence-corrected chi connectivity index (χ3v) is 4.19. The molecule has 0 aromatic heterocycles. The van der Waals surface area contributed by atoms with Crippen LogP contribution in [-0.2, 0) is 0 Å². The first-order valence-corrected chi connectivity index (χ1v) is 7.66. The molecule has 0 bridgehead atoms. The zero-order valence-electron chi connectivity index (χ0n) is 12.8. The zero-order chi connectivity index (χ0) is 16.6. The zero-order valence-corrected chi connectivity index (χ0v) is 12.8. The lowest BCUT2D eigenvalue weighted by molar-refractivity contribution is 0.0705. The maximum Gasteiger partial charge on any atom is 0.261 e. The summed E-state index contributed by atoms with van der Waals surface area (Å²) >= 11 is 0. The molecule has 0 spiro atoms. The number of aryl methyl sites for hydroxylation is 1. The van der Waals surface area contributed by atoms with E-state index in [0.717, 1.165) is 0 Å². The highest BCUT2D eigenvalue weighted by Crippen LogP contribution is 2.38. The number of hydrogen-bond acceptors (Lipinski definition) is 4. The van der Waals surface area contributed by atoms with Gasteiger partial charge >= 0.3 is 0 Å². The highest BCUT2D eigenvalue weighted by molar-refractivity contribution is 6.00.